The zero-order chi connectivity index (χ0) is 14.5. The molecule has 1 saturated heterocycles. The Morgan fingerprint density at radius 3 is 2.60 bits per heavy atom. The van der Waals surface area contributed by atoms with Gasteiger partial charge in [-0.3, -0.25) is 4.79 Å². The predicted molar refractivity (Wildman–Crippen MR) is 81.6 cm³/mol. The third-order valence-corrected chi connectivity index (χ3v) is 3.33. The monoisotopic (exact) mass is 280 g/mol. The van der Waals surface area contributed by atoms with Crippen LogP contribution in [0.4, 0.5) is 0 Å². The van der Waals surface area contributed by atoms with E-state index in [-0.39, 0.29) is 6.29 Å². The normalized spacial score (nSPS) is 19.9. The number of hydrogen-bond donors (Lipinski definition) is 0. The first kappa shape index (κ1) is 17.1. The third-order valence-electron chi connectivity index (χ3n) is 3.33. The number of ether oxygens (including phenoxy) is 2. The van der Waals surface area contributed by atoms with E-state index in [0.29, 0.717) is 25.2 Å². The molecular weight excluding hydrogens is 252 g/mol. The summed E-state index contributed by atoms with van der Waals surface area (Å²) in [5.74, 6) is 0.344. The molecule has 1 rings (SSSR count). The number of unbranched alkanes of at least 4 members (excludes halogenated alkanes) is 1. The van der Waals surface area contributed by atoms with Crippen LogP contribution in [0.3, 0.4) is 0 Å². The molecule has 0 N–H and O–H groups in total. The molecule has 1 unspecified atom stereocenters. The van der Waals surface area contributed by atoms with Crippen molar-refractivity contribution < 1.29 is 14.3 Å². The summed E-state index contributed by atoms with van der Waals surface area (Å²) in [4.78, 5) is 11.1. The Morgan fingerprint density at radius 1 is 1.15 bits per heavy atom. The highest BCUT2D eigenvalue weighted by molar-refractivity contribution is 5.78. The average molecular weight is 280 g/mol. The zero-order valence-corrected chi connectivity index (χ0v) is 12.7. The molecule has 0 radical (unpaired) electrons. The van der Waals surface area contributed by atoms with Crippen LogP contribution in [0.2, 0.25) is 0 Å². The van der Waals surface area contributed by atoms with E-state index in [1.54, 1.807) is 0 Å². The van der Waals surface area contributed by atoms with Crippen LogP contribution >= 0.6 is 0 Å². The average Bonchev–Trinajstić information content (AvgIpc) is 2.50. The molecule has 1 fully saturated rings. The Kier molecular flexibility index (Phi) is 10.2. The second kappa shape index (κ2) is 11.9. The van der Waals surface area contributed by atoms with Crippen LogP contribution in [-0.2, 0) is 14.3 Å². The van der Waals surface area contributed by atoms with Gasteiger partial charge in [-0.2, -0.15) is 0 Å². The second-order valence-corrected chi connectivity index (χ2v) is 5.08. The fourth-order valence-corrected chi connectivity index (χ4v) is 2.04. The smallest absolute Gasteiger partial charge is 0.157 e. The fourth-order valence-electron chi connectivity index (χ4n) is 2.04. The van der Waals surface area contributed by atoms with Gasteiger partial charge in [0, 0.05) is 19.4 Å². The lowest BCUT2D eigenvalue weighted by molar-refractivity contribution is -0.155. The fraction of sp³-hybridized carbons (Fsp3) is 0.706. The number of ketones is 1. The van der Waals surface area contributed by atoms with Crippen LogP contribution in [0.25, 0.3) is 0 Å². The molecule has 0 aromatic heterocycles. The highest BCUT2D eigenvalue weighted by Crippen LogP contribution is 2.13. The quantitative estimate of drug-likeness (QED) is 0.445. The highest BCUT2D eigenvalue weighted by Gasteiger charge is 2.12. The number of hydrogen-bond acceptors (Lipinski definition) is 3. The van der Waals surface area contributed by atoms with E-state index in [0.717, 1.165) is 38.7 Å². The highest BCUT2D eigenvalue weighted by atomic mass is 16.7. The molecule has 0 spiro atoms. The minimum Gasteiger partial charge on any atom is -0.353 e. The zero-order valence-electron chi connectivity index (χ0n) is 12.7. The summed E-state index contributed by atoms with van der Waals surface area (Å²) in [5, 5.41) is 0. The summed E-state index contributed by atoms with van der Waals surface area (Å²) < 4.78 is 11.1. The maximum Gasteiger partial charge on any atom is 0.157 e. The van der Waals surface area contributed by atoms with Gasteiger partial charge in [-0.15, -0.1) is 0 Å². The van der Waals surface area contributed by atoms with E-state index < -0.39 is 0 Å². The van der Waals surface area contributed by atoms with Crippen LogP contribution in [0.5, 0.6) is 0 Å². The van der Waals surface area contributed by atoms with Gasteiger partial charge in [0.1, 0.15) is 5.78 Å². The van der Waals surface area contributed by atoms with Crippen molar-refractivity contribution >= 4 is 5.78 Å². The van der Waals surface area contributed by atoms with Gasteiger partial charge < -0.3 is 9.47 Å². The summed E-state index contributed by atoms with van der Waals surface area (Å²) in [5.41, 5.74) is 0. The van der Waals surface area contributed by atoms with Gasteiger partial charge in [-0.05, 0) is 38.5 Å². The Hall–Kier alpha value is -0.930. The molecule has 0 bridgehead atoms. The Morgan fingerprint density at radius 2 is 1.90 bits per heavy atom. The van der Waals surface area contributed by atoms with E-state index in [1.165, 1.54) is 6.42 Å². The summed E-state index contributed by atoms with van der Waals surface area (Å²) in [6.45, 7) is 3.39. The van der Waals surface area contributed by atoms with Crippen LogP contribution < -0.4 is 0 Å². The van der Waals surface area contributed by atoms with Crippen molar-refractivity contribution in [2.75, 3.05) is 13.2 Å². The van der Waals surface area contributed by atoms with Gasteiger partial charge in [-0.25, -0.2) is 0 Å². The molecule has 0 aromatic rings. The van der Waals surface area contributed by atoms with Crippen molar-refractivity contribution in [2.24, 2.45) is 0 Å². The molecule has 20 heavy (non-hydrogen) atoms. The third kappa shape index (κ3) is 9.05. The first-order valence-electron chi connectivity index (χ1n) is 7.88. The standard InChI is InChI=1S/C17H28O3/c1-2-16(18)12-8-6-4-3-5-7-10-14-19-17-13-9-11-15-20-17/h4,6-7,10,17H,2-3,5,8-9,11-15H2,1H3. The summed E-state index contributed by atoms with van der Waals surface area (Å²) in [7, 11) is 0. The predicted octanol–water partition coefficient (Wildman–Crippen LogP) is 4.18. The number of Topliss-reactive ketones (excluding diaryl/α,β-unsaturated/α-hetero) is 1. The maximum absolute atomic E-state index is 11.1. The van der Waals surface area contributed by atoms with Crippen molar-refractivity contribution in [1.29, 1.82) is 0 Å². The van der Waals surface area contributed by atoms with Crippen molar-refractivity contribution in [3.05, 3.63) is 24.3 Å². The van der Waals surface area contributed by atoms with Crippen LogP contribution in [-0.4, -0.2) is 25.3 Å². The van der Waals surface area contributed by atoms with Gasteiger partial charge in [0.05, 0.1) is 6.61 Å². The number of rotatable bonds is 10. The van der Waals surface area contributed by atoms with Gasteiger partial charge in [-0.1, -0.05) is 31.2 Å². The molecule has 1 aliphatic heterocycles. The van der Waals surface area contributed by atoms with Crippen molar-refractivity contribution in [2.45, 2.75) is 64.6 Å². The lowest BCUT2D eigenvalue weighted by atomic mass is 10.1. The van der Waals surface area contributed by atoms with Gasteiger partial charge in [0.2, 0.25) is 0 Å². The van der Waals surface area contributed by atoms with Gasteiger partial charge in [0.15, 0.2) is 6.29 Å². The lowest BCUT2D eigenvalue weighted by Gasteiger charge is -2.21. The minimum atomic E-state index is 0.00407. The van der Waals surface area contributed by atoms with Crippen molar-refractivity contribution in [1.82, 2.24) is 0 Å². The molecular formula is C17H28O3. The molecule has 0 amide bonds. The van der Waals surface area contributed by atoms with Crippen LogP contribution in [0.1, 0.15) is 58.3 Å². The molecule has 1 heterocycles. The van der Waals surface area contributed by atoms with E-state index in [2.05, 4.69) is 24.3 Å². The van der Waals surface area contributed by atoms with Gasteiger partial charge in [0.25, 0.3) is 0 Å². The van der Waals surface area contributed by atoms with E-state index in [9.17, 15) is 4.79 Å². The topological polar surface area (TPSA) is 35.5 Å². The SMILES string of the molecule is CCC(=O)CCC=CCCC=CCOC1CCCCO1. The number of carbonyl (C=O) groups excluding carboxylic acids is 1. The van der Waals surface area contributed by atoms with Crippen molar-refractivity contribution in [3.63, 3.8) is 0 Å². The lowest BCUT2D eigenvalue weighted by Crippen LogP contribution is -2.22. The first-order chi connectivity index (χ1) is 9.83. The Balaban J connectivity index is 1.91. The van der Waals surface area contributed by atoms with Gasteiger partial charge >= 0.3 is 0 Å². The molecule has 1 atom stereocenters. The van der Waals surface area contributed by atoms with Crippen LogP contribution in [0.15, 0.2) is 24.3 Å². The van der Waals surface area contributed by atoms with Crippen LogP contribution in [0, 0.1) is 0 Å². The van der Waals surface area contributed by atoms with E-state index in [1.807, 2.05) is 6.92 Å². The molecule has 3 nitrogen and oxygen atoms in total. The maximum atomic E-state index is 11.1. The molecule has 0 aliphatic carbocycles. The first-order valence-corrected chi connectivity index (χ1v) is 7.88. The summed E-state index contributed by atoms with van der Waals surface area (Å²) in [6.07, 6.45) is 16.1. The largest absolute Gasteiger partial charge is 0.353 e. The second-order valence-electron chi connectivity index (χ2n) is 5.08. The number of carbonyl (C=O) groups is 1. The number of allylic oxidation sites excluding steroid dienone is 3. The minimum absolute atomic E-state index is 0.00407. The molecule has 0 aromatic carbocycles. The Bertz CT molecular complexity index is 301. The van der Waals surface area contributed by atoms with E-state index in [4.69, 9.17) is 9.47 Å². The molecule has 0 saturated carbocycles. The Labute approximate surface area is 123 Å². The molecule has 114 valence electrons. The summed E-state index contributed by atoms with van der Waals surface area (Å²) >= 11 is 0. The summed E-state index contributed by atoms with van der Waals surface area (Å²) in [6, 6.07) is 0. The van der Waals surface area contributed by atoms with E-state index >= 15 is 0 Å². The molecule has 1 aliphatic rings. The van der Waals surface area contributed by atoms with Crippen molar-refractivity contribution in [3.8, 4) is 0 Å². The molecule has 3 heteroatoms.